The quantitative estimate of drug-likeness (QED) is 0.710. The standard InChI is InChI=1S/C18H16ClF3N2O3S/c1-2-24-16(26)23-14(10-6-3-4-7-11(10)19)13(17(24,27)18(20,21)22)15(25)12-8-5-9-28-12/h3-9,13-14,27H,2H2,1H3,(H,23,26)/t13-,14+,17-/m0/s1. The Labute approximate surface area is 167 Å². The number of hydrogen-bond acceptors (Lipinski definition) is 4. The summed E-state index contributed by atoms with van der Waals surface area (Å²) in [7, 11) is 0. The molecule has 2 N–H and O–H groups in total. The van der Waals surface area contributed by atoms with Crippen LogP contribution in [0.1, 0.15) is 28.2 Å². The number of halogens is 4. The van der Waals surface area contributed by atoms with Crippen molar-refractivity contribution in [2.75, 3.05) is 6.54 Å². The zero-order valence-electron chi connectivity index (χ0n) is 14.5. The normalized spacial score (nSPS) is 25.5. The molecule has 150 valence electrons. The summed E-state index contributed by atoms with van der Waals surface area (Å²) >= 11 is 7.10. The van der Waals surface area contributed by atoms with E-state index in [9.17, 15) is 27.9 Å². The number of carbonyl (C=O) groups is 2. The second-order valence-electron chi connectivity index (χ2n) is 6.24. The molecule has 0 unspecified atom stereocenters. The lowest BCUT2D eigenvalue weighted by atomic mass is 9.77. The molecule has 1 aromatic heterocycles. The number of alkyl halides is 3. The van der Waals surface area contributed by atoms with E-state index in [-0.39, 0.29) is 20.4 Å². The minimum absolute atomic E-state index is 0.0388. The predicted octanol–water partition coefficient (Wildman–Crippen LogP) is 4.24. The summed E-state index contributed by atoms with van der Waals surface area (Å²) in [4.78, 5) is 25.8. The average molecular weight is 433 g/mol. The highest BCUT2D eigenvalue weighted by Crippen LogP contribution is 2.49. The molecule has 0 radical (unpaired) electrons. The van der Waals surface area contributed by atoms with Gasteiger partial charge in [0.05, 0.1) is 10.9 Å². The number of carbonyl (C=O) groups excluding carboxylic acids is 2. The highest BCUT2D eigenvalue weighted by atomic mass is 35.5. The van der Waals surface area contributed by atoms with Crippen molar-refractivity contribution in [3.05, 3.63) is 57.2 Å². The van der Waals surface area contributed by atoms with E-state index in [0.29, 0.717) is 0 Å². The van der Waals surface area contributed by atoms with Crippen molar-refractivity contribution in [1.82, 2.24) is 10.2 Å². The lowest BCUT2D eigenvalue weighted by Crippen LogP contribution is -2.73. The van der Waals surface area contributed by atoms with Gasteiger partial charge in [0, 0.05) is 11.6 Å². The van der Waals surface area contributed by atoms with Gasteiger partial charge in [0.2, 0.25) is 0 Å². The van der Waals surface area contributed by atoms with Gasteiger partial charge in [-0.3, -0.25) is 9.69 Å². The molecule has 1 fully saturated rings. The zero-order valence-corrected chi connectivity index (χ0v) is 16.1. The van der Waals surface area contributed by atoms with Gasteiger partial charge in [0.15, 0.2) is 5.78 Å². The van der Waals surface area contributed by atoms with Crippen LogP contribution in [-0.2, 0) is 0 Å². The Morgan fingerprint density at radius 3 is 2.54 bits per heavy atom. The molecule has 3 rings (SSSR count). The number of nitrogens with zero attached hydrogens (tertiary/aromatic N) is 1. The Balaban J connectivity index is 2.25. The van der Waals surface area contributed by atoms with Crippen LogP contribution < -0.4 is 5.32 Å². The lowest BCUT2D eigenvalue weighted by molar-refractivity contribution is -0.326. The average Bonchev–Trinajstić information content (AvgIpc) is 3.15. The van der Waals surface area contributed by atoms with Crippen molar-refractivity contribution < 1.29 is 27.9 Å². The van der Waals surface area contributed by atoms with Crippen LogP contribution in [0, 0.1) is 5.92 Å². The Hall–Kier alpha value is -2.10. The maximum atomic E-state index is 14.1. The second-order valence-corrected chi connectivity index (χ2v) is 7.59. The molecule has 1 saturated heterocycles. The lowest BCUT2D eigenvalue weighted by Gasteiger charge is -2.50. The highest BCUT2D eigenvalue weighted by molar-refractivity contribution is 7.12. The predicted molar refractivity (Wildman–Crippen MR) is 98.2 cm³/mol. The minimum Gasteiger partial charge on any atom is -0.363 e. The molecular formula is C18H16ClF3N2O3S. The van der Waals surface area contributed by atoms with Crippen LogP contribution >= 0.6 is 22.9 Å². The fourth-order valence-electron chi connectivity index (χ4n) is 3.45. The van der Waals surface area contributed by atoms with E-state index in [4.69, 9.17) is 11.6 Å². The van der Waals surface area contributed by atoms with Crippen molar-refractivity contribution in [1.29, 1.82) is 0 Å². The Bertz CT molecular complexity index is 890. The molecular weight excluding hydrogens is 417 g/mol. The first-order chi connectivity index (χ1) is 13.1. The van der Waals surface area contributed by atoms with E-state index in [1.165, 1.54) is 37.3 Å². The first kappa shape index (κ1) is 20.6. The third kappa shape index (κ3) is 3.17. The van der Waals surface area contributed by atoms with Gasteiger partial charge in [-0.1, -0.05) is 35.9 Å². The van der Waals surface area contributed by atoms with Gasteiger partial charge in [-0.15, -0.1) is 11.3 Å². The first-order valence-electron chi connectivity index (χ1n) is 8.32. The van der Waals surface area contributed by atoms with Crippen molar-refractivity contribution in [3.63, 3.8) is 0 Å². The molecule has 1 aromatic carbocycles. The molecule has 0 aliphatic carbocycles. The molecule has 2 aromatic rings. The number of ketones is 1. The van der Waals surface area contributed by atoms with Crippen LogP contribution in [-0.4, -0.2) is 40.3 Å². The first-order valence-corrected chi connectivity index (χ1v) is 9.58. The third-order valence-electron chi connectivity index (χ3n) is 4.72. The van der Waals surface area contributed by atoms with E-state index in [0.717, 1.165) is 11.3 Å². The summed E-state index contributed by atoms with van der Waals surface area (Å²) in [5.41, 5.74) is -3.58. The number of benzene rings is 1. The van der Waals surface area contributed by atoms with Gasteiger partial charge in [0.25, 0.3) is 5.72 Å². The summed E-state index contributed by atoms with van der Waals surface area (Å²) in [6.07, 6.45) is -5.28. The molecule has 5 nitrogen and oxygen atoms in total. The van der Waals surface area contributed by atoms with Crippen LogP contribution in [0.2, 0.25) is 5.02 Å². The van der Waals surface area contributed by atoms with Crippen LogP contribution in [0.3, 0.4) is 0 Å². The van der Waals surface area contributed by atoms with Gasteiger partial charge in [0.1, 0.15) is 5.92 Å². The molecule has 2 heterocycles. The van der Waals surface area contributed by atoms with Gasteiger partial charge in [-0.2, -0.15) is 13.2 Å². The molecule has 2 amide bonds. The van der Waals surface area contributed by atoms with Gasteiger partial charge < -0.3 is 10.4 Å². The third-order valence-corrected chi connectivity index (χ3v) is 5.95. The maximum Gasteiger partial charge on any atom is 0.437 e. The monoisotopic (exact) mass is 432 g/mol. The van der Waals surface area contributed by atoms with E-state index in [1.54, 1.807) is 11.4 Å². The number of rotatable bonds is 4. The maximum absolute atomic E-state index is 14.1. The van der Waals surface area contributed by atoms with Crippen LogP contribution in [0.5, 0.6) is 0 Å². The summed E-state index contributed by atoms with van der Waals surface area (Å²) in [6, 6.07) is 6.25. The van der Waals surface area contributed by atoms with Crippen molar-refractivity contribution >= 4 is 34.8 Å². The molecule has 1 aliphatic rings. The van der Waals surface area contributed by atoms with E-state index in [2.05, 4.69) is 5.32 Å². The number of amides is 2. The van der Waals surface area contributed by atoms with Crippen molar-refractivity contribution in [2.45, 2.75) is 24.9 Å². The van der Waals surface area contributed by atoms with Crippen molar-refractivity contribution in [3.8, 4) is 0 Å². The smallest absolute Gasteiger partial charge is 0.363 e. The van der Waals surface area contributed by atoms with E-state index in [1.807, 2.05) is 0 Å². The number of hydrogen-bond donors (Lipinski definition) is 2. The Morgan fingerprint density at radius 1 is 1.32 bits per heavy atom. The molecule has 1 aliphatic heterocycles. The summed E-state index contributed by atoms with van der Waals surface area (Å²) in [5.74, 6) is -2.98. The SMILES string of the molecule is CCN1C(=O)N[C@H](c2ccccc2Cl)[C@@H](C(=O)c2cccs2)[C@]1(O)C(F)(F)F. The van der Waals surface area contributed by atoms with Crippen molar-refractivity contribution in [2.24, 2.45) is 5.92 Å². The largest absolute Gasteiger partial charge is 0.437 e. The molecule has 0 saturated carbocycles. The van der Waals surface area contributed by atoms with E-state index >= 15 is 0 Å². The summed E-state index contributed by atoms with van der Waals surface area (Å²) in [5, 5.41) is 14.9. The van der Waals surface area contributed by atoms with Gasteiger partial charge in [-0.05, 0) is 30.0 Å². The fraction of sp³-hybridized carbons (Fsp3) is 0.333. The number of nitrogens with one attached hydrogen (secondary N) is 1. The molecule has 0 bridgehead atoms. The molecule has 3 atom stereocenters. The Kier molecular flexibility index (Phi) is 5.44. The summed E-state index contributed by atoms with van der Waals surface area (Å²) in [6.45, 7) is 0.837. The van der Waals surface area contributed by atoms with Crippen LogP contribution in [0.15, 0.2) is 41.8 Å². The fourth-order valence-corrected chi connectivity index (χ4v) is 4.41. The Morgan fingerprint density at radius 2 is 2.00 bits per heavy atom. The number of aliphatic hydroxyl groups is 1. The topological polar surface area (TPSA) is 69.6 Å². The minimum atomic E-state index is -5.28. The second kappa shape index (κ2) is 7.38. The molecule has 28 heavy (non-hydrogen) atoms. The van der Waals surface area contributed by atoms with Gasteiger partial charge in [-0.25, -0.2) is 4.79 Å². The van der Waals surface area contributed by atoms with Crippen LogP contribution in [0.25, 0.3) is 0 Å². The summed E-state index contributed by atoms with van der Waals surface area (Å²) < 4.78 is 42.4. The highest BCUT2D eigenvalue weighted by Gasteiger charge is 2.69. The number of urea groups is 1. The zero-order chi connectivity index (χ0) is 20.7. The van der Waals surface area contributed by atoms with Crippen LogP contribution in [0.4, 0.5) is 18.0 Å². The molecule has 10 heteroatoms. The van der Waals surface area contributed by atoms with E-state index < -0.39 is 42.2 Å². The number of Topliss-reactive ketones (excluding diaryl/α,β-unsaturated/α-hetero) is 1. The van der Waals surface area contributed by atoms with Gasteiger partial charge >= 0.3 is 12.2 Å². The molecule has 0 spiro atoms. The number of thiophene rings is 1.